The van der Waals surface area contributed by atoms with Gasteiger partial charge in [-0.3, -0.25) is 9.59 Å². The van der Waals surface area contributed by atoms with Crippen molar-refractivity contribution in [1.82, 2.24) is 9.97 Å². The first-order valence-electron chi connectivity index (χ1n) is 25.1. The smallest absolute Gasteiger partial charge is 0.260 e. The number of benzene rings is 6. The molecule has 6 aromatic carbocycles. The van der Waals surface area contributed by atoms with Gasteiger partial charge in [0.15, 0.2) is 11.6 Å². The lowest BCUT2D eigenvalue weighted by molar-refractivity contribution is 0.0979. The van der Waals surface area contributed by atoms with Gasteiger partial charge in [-0.05, 0) is 81.9 Å². The standard InChI is InChI=1S/2C25H19N3O.6C2H6/c2*29-25-21-16-20(19-10-5-2-6-11-19)13-14-22(21)27-24-23(12-7-15-26-24)28(25)17-18-8-3-1-4-9-18;6*1-2/h2*1-16H,17H2,(H,26,27);6*1-2H3. The SMILES string of the molecule is CC.CC.CC.CC.CC.CC.O=C1c2cc(-c3ccccc3)ccc2Nc2ncccc2N1Cc1ccccc1.O=C1c2cc(-c3ccccc3)ccc2Nc2ncccc2N1Cc1ccccc1. The summed E-state index contributed by atoms with van der Waals surface area (Å²) in [7, 11) is 0. The van der Waals surface area contributed by atoms with Gasteiger partial charge in [0.2, 0.25) is 0 Å². The molecule has 0 spiro atoms. The minimum absolute atomic E-state index is 0.0408. The Kier molecular flexibility index (Phi) is 25.2. The molecule has 70 heavy (non-hydrogen) atoms. The first-order chi connectivity index (χ1) is 34.6. The molecule has 0 bridgehead atoms. The fourth-order valence-corrected chi connectivity index (χ4v) is 7.31. The quantitative estimate of drug-likeness (QED) is 0.173. The molecule has 0 fully saturated rings. The van der Waals surface area contributed by atoms with Crippen LogP contribution in [0, 0.1) is 0 Å². The summed E-state index contributed by atoms with van der Waals surface area (Å²) < 4.78 is 0. The fourth-order valence-electron chi connectivity index (χ4n) is 7.31. The summed E-state index contributed by atoms with van der Waals surface area (Å²) in [6.45, 7) is 25.0. The molecule has 0 atom stereocenters. The van der Waals surface area contributed by atoms with E-state index < -0.39 is 0 Å². The van der Waals surface area contributed by atoms with Gasteiger partial charge in [-0.2, -0.15) is 0 Å². The molecule has 2 aliphatic heterocycles. The normalized spacial score (nSPS) is 10.9. The fraction of sp³-hybridized carbons (Fsp3) is 0.226. The molecule has 8 nitrogen and oxygen atoms in total. The summed E-state index contributed by atoms with van der Waals surface area (Å²) in [6, 6.07) is 59.7. The first kappa shape index (κ1) is 56.5. The number of amides is 2. The summed E-state index contributed by atoms with van der Waals surface area (Å²) in [5, 5.41) is 6.71. The topological polar surface area (TPSA) is 90.5 Å². The van der Waals surface area contributed by atoms with E-state index in [0.717, 1.165) is 56.1 Å². The van der Waals surface area contributed by atoms with Gasteiger partial charge >= 0.3 is 0 Å². The second-order valence-corrected chi connectivity index (χ2v) is 14.0. The molecule has 0 radical (unpaired) electrons. The minimum Gasteiger partial charge on any atom is -0.338 e. The van der Waals surface area contributed by atoms with E-state index in [-0.39, 0.29) is 11.8 Å². The average Bonchev–Trinajstić information content (AvgIpc) is 3.65. The second kappa shape index (κ2) is 31.3. The Labute approximate surface area is 419 Å². The third-order valence-corrected chi connectivity index (χ3v) is 10.2. The maximum absolute atomic E-state index is 13.6. The molecule has 2 aliphatic rings. The van der Waals surface area contributed by atoms with Crippen molar-refractivity contribution < 1.29 is 9.59 Å². The van der Waals surface area contributed by atoms with Crippen LogP contribution in [0.1, 0.15) is 115 Å². The highest BCUT2D eigenvalue weighted by atomic mass is 16.2. The van der Waals surface area contributed by atoms with Crippen LogP contribution in [0.5, 0.6) is 0 Å². The summed E-state index contributed by atoms with van der Waals surface area (Å²) in [5.41, 5.74) is 10.7. The van der Waals surface area contributed by atoms with Crippen molar-refractivity contribution >= 4 is 46.2 Å². The van der Waals surface area contributed by atoms with Crippen LogP contribution in [0.4, 0.5) is 34.4 Å². The van der Waals surface area contributed by atoms with Crippen molar-refractivity contribution in [1.29, 1.82) is 0 Å². The molecule has 4 heterocycles. The van der Waals surface area contributed by atoms with Crippen LogP contribution in [0.15, 0.2) is 194 Å². The van der Waals surface area contributed by atoms with Crippen molar-refractivity contribution in [2.45, 2.75) is 96.2 Å². The van der Waals surface area contributed by atoms with Crippen molar-refractivity contribution in [3.8, 4) is 22.3 Å². The van der Waals surface area contributed by atoms with E-state index in [1.165, 1.54) is 0 Å². The summed E-state index contributed by atoms with van der Waals surface area (Å²) in [4.78, 5) is 39.8. The Morgan fingerprint density at radius 2 is 0.671 bits per heavy atom. The Hall–Kier alpha value is -7.84. The van der Waals surface area contributed by atoms with E-state index in [1.807, 2.05) is 265 Å². The highest BCUT2D eigenvalue weighted by Crippen LogP contribution is 2.38. The van der Waals surface area contributed by atoms with Gasteiger partial charge in [0.25, 0.3) is 11.8 Å². The Bertz CT molecular complexity index is 2540. The Morgan fingerprint density at radius 1 is 0.357 bits per heavy atom. The Balaban J connectivity index is 0.000000306. The van der Waals surface area contributed by atoms with Crippen LogP contribution in [0.2, 0.25) is 0 Å². The van der Waals surface area contributed by atoms with Crippen molar-refractivity contribution in [3.63, 3.8) is 0 Å². The van der Waals surface area contributed by atoms with E-state index in [1.54, 1.807) is 22.2 Å². The first-order valence-corrected chi connectivity index (χ1v) is 25.1. The number of anilines is 6. The third-order valence-electron chi connectivity index (χ3n) is 10.2. The monoisotopic (exact) mass is 935 g/mol. The maximum atomic E-state index is 13.6. The molecule has 2 aromatic heterocycles. The lowest BCUT2D eigenvalue weighted by Gasteiger charge is -2.22. The lowest BCUT2D eigenvalue weighted by Crippen LogP contribution is -2.29. The number of aromatic nitrogens is 2. The van der Waals surface area contributed by atoms with Gasteiger partial charge in [-0.15, -0.1) is 0 Å². The van der Waals surface area contributed by atoms with Crippen LogP contribution in [0.3, 0.4) is 0 Å². The van der Waals surface area contributed by atoms with Crippen LogP contribution < -0.4 is 20.4 Å². The lowest BCUT2D eigenvalue weighted by atomic mass is 10.0. The van der Waals surface area contributed by atoms with E-state index >= 15 is 0 Å². The van der Waals surface area contributed by atoms with Crippen LogP contribution in [0.25, 0.3) is 22.3 Å². The molecule has 0 unspecified atom stereocenters. The molecule has 0 aliphatic carbocycles. The van der Waals surface area contributed by atoms with Crippen LogP contribution in [-0.4, -0.2) is 21.8 Å². The van der Waals surface area contributed by atoms with Crippen LogP contribution >= 0.6 is 0 Å². The number of carbonyl (C=O) groups excluding carboxylic acids is 2. The molecule has 2 N–H and O–H groups in total. The molecular weight excluding hydrogens is 861 g/mol. The molecule has 8 aromatic rings. The summed E-state index contributed by atoms with van der Waals surface area (Å²) in [5.74, 6) is 1.28. The molecule has 0 saturated carbocycles. The van der Waals surface area contributed by atoms with Gasteiger partial charge in [0, 0.05) is 12.4 Å². The van der Waals surface area contributed by atoms with Crippen molar-refractivity contribution in [2.75, 3.05) is 20.4 Å². The van der Waals surface area contributed by atoms with Gasteiger partial charge < -0.3 is 20.4 Å². The van der Waals surface area contributed by atoms with Gasteiger partial charge in [-0.25, -0.2) is 9.97 Å². The molecule has 10 rings (SSSR count). The highest BCUT2D eigenvalue weighted by Gasteiger charge is 2.29. The van der Waals surface area contributed by atoms with Gasteiger partial charge in [0.05, 0.1) is 47.0 Å². The number of nitrogens with zero attached hydrogens (tertiary/aromatic N) is 4. The van der Waals surface area contributed by atoms with Crippen LogP contribution in [-0.2, 0) is 13.1 Å². The predicted molar refractivity (Wildman–Crippen MR) is 301 cm³/mol. The largest absolute Gasteiger partial charge is 0.338 e. The highest BCUT2D eigenvalue weighted by molar-refractivity contribution is 6.14. The molecule has 8 heteroatoms. The third kappa shape index (κ3) is 14.6. The van der Waals surface area contributed by atoms with Crippen molar-refractivity contribution in [3.05, 3.63) is 217 Å². The summed E-state index contributed by atoms with van der Waals surface area (Å²) in [6.07, 6.45) is 3.47. The number of rotatable bonds is 6. The molecular formula is C62H74N6O2. The molecule has 364 valence electrons. The summed E-state index contributed by atoms with van der Waals surface area (Å²) >= 11 is 0. The zero-order valence-electron chi connectivity index (χ0n) is 43.5. The van der Waals surface area contributed by atoms with Gasteiger partial charge in [0.1, 0.15) is 0 Å². The number of hydrogen-bond donors (Lipinski definition) is 2. The number of carbonyl (C=O) groups is 2. The molecule has 0 saturated heterocycles. The van der Waals surface area contributed by atoms with E-state index in [4.69, 9.17) is 0 Å². The van der Waals surface area contributed by atoms with E-state index in [2.05, 4.69) is 20.6 Å². The Morgan fingerprint density at radius 3 is 1.00 bits per heavy atom. The second-order valence-electron chi connectivity index (χ2n) is 14.0. The molecule has 2 amide bonds. The zero-order chi connectivity index (χ0) is 51.3. The minimum atomic E-state index is -0.0408. The van der Waals surface area contributed by atoms with E-state index in [0.29, 0.717) is 35.9 Å². The maximum Gasteiger partial charge on any atom is 0.260 e. The average molecular weight is 935 g/mol. The van der Waals surface area contributed by atoms with Crippen molar-refractivity contribution in [2.24, 2.45) is 0 Å². The van der Waals surface area contributed by atoms with E-state index in [9.17, 15) is 9.59 Å². The van der Waals surface area contributed by atoms with Gasteiger partial charge in [-0.1, -0.05) is 217 Å². The number of nitrogens with one attached hydrogen (secondary N) is 2. The number of fused-ring (bicyclic) bond motifs is 4. The number of hydrogen-bond acceptors (Lipinski definition) is 6. The number of pyridine rings is 2. The zero-order valence-corrected chi connectivity index (χ0v) is 43.5. The predicted octanol–water partition coefficient (Wildman–Crippen LogP) is 17.5.